The molecule has 0 saturated carbocycles. The third-order valence-corrected chi connectivity index (χ3v) is 7.46. The van der Waals surface area contributed by atoms with E-state index in [9.17, 15) is 0 Å². The molecule has 118 valence electrons. The largest absolute Gasteiger partial charge is 0.251 e. The molecule has 0 bridgehead atoms. The van der Waals surface area contributed by atoms with Gasteiger partial charge in [-0.2, -0.15) is 0 Å². The van der Waals surface area contributed by atoms with Gasteiger partial charge in [0.05, 0.1) is 16.6 Å². The van der Waals surface area contributed by atoms with Gasteiger partial charge in [0.1, 0.15) is 0 Å². The lowest BCUT2D eigenvalue weighted by atomic mass is 9.80. The second kappa shape index (κ2) is 5.91. The highest BCUT2D eigenvalue weighted by Crippen LogP contribution is 2.51. The van der Waals surface area contributed by atoms with Gasteiger partial charge in [-0.05, 0) is 47.5 Å². The smallest absolute Gasteiger partial charge is 0.0769 e. The predicted molar refractivity (Wildman–Crippen MR) is 104 cm³/mol. The van der Waals surface area contributed by atoms with Crippen molar-refractivity contribution in [2.24, 2.45) is 10.9 Å². The minimum atomic E-state index is 0.459. The highest BCUT2D eigenvalue weighted by molar-refractivity contribution is 7.99. The van der Waals surface area contributed by atoms with E-state index in [1.807, 2.05) is 23.1 Å². The fourth-order valence-electron chi connectivity index (χ4n) is 3.78. The summed E-state index contributed by atoms with van der Waals surface area (Å²) < 4.78 is 0. The Hall–Kier alpha value is -1.84. The molecular weight excluding hydrogens is 330 g/mol. The Morgan fingerprint density at radius 2 is 1.79 bits per heavy atom. The number of thioether (sulfide) groups is 1. The zero-order chi connectivity index (χ0) is 15.9. The van der Waals surface area contributed by atoms with Gasteiger partial charge in [0, 0.05) is 15.7 Å². The zero-order valence-corrected chi connectivity index (χ0v) is 14.8. The lowest BCUT2D eigenvalue weighted by molar-refractivity contribution is 0.602. The maximum Gasteiger partial charge on any atom is 0.0769 e. The van der Waals surface area contributed by atoms with Crippen molar-refractivity contribution in [3.8, 4) is 0 Å². The molecule has 0 unspecified atom stereocenters. The molecule has 0 spiro atoms. The van der Waals surface area contributed by atoms with Gasteiger partial charge in [0.2, 0.25) is 0 Å². The normalized spacial score (nSPS) is 21.9. The average molecular weight is 348 g/mol. The van der Waals surface area contributed by atoms with E-state index in [1.165, 1.54) is 33.0 Å². The van der Waals surface area contributed by atoms with Gasteiger partial charge in [-0.3, -0.25) is 4.99 Å². The van der Waals surface area contributed by atoms with E-state index in [1.54, 1.807) is 0 Å². The van der Waals surface area contributed by atoms with Gasteiger partial charge in [-0.25, -0.2) is 0 Å². The first-order valence-electron chi connectivity index (χ1n) is 8.36. The van der Waals surface area contributed by atoms with E-state index in [4.69, 9.17) is 4.99 Å². The highest BCUT2D eigenvalue weighted by atomic mass is 32.2. The zero-order valence-electron chi connectivity index (χ0n) is 13.2. The monoisotopic (exact) mass is 347 g/mol. The van der Waals surface area contributed by atoms with Gasteiger partial charge in [0.15, 0.2) is 0 Å². The molecule has 0 N–H and O–H groups in total. The quantitative estimate of drug-likeness (QED) is 0.505. The lowest BCUT2D eigenvalue weighted by Crippen LogP contribution is -2.26. The number of hydrogen-bond acceptors (Lipinski definition) is 3. The molecule has 0 saturated heterocycles. The van der Waals surface area contributed by atoms with Crippen LogP contribution >= 0.6 is 23.1 Å². The van der Waals surface area contributed by atoms with Crippen molar-refractivity contribution in [3.05, 3.63) is 82.0 Å². The number of aliphatic imine (C=N–C) groups is 1. The molecule has 2 heterocycles. The van der Waals surface area contributed by atoms with Crippen molar-refractivity contribution < 1.29 is 0 Å². The first-order chi connectivity index (χ1) is 11.9. The second-order valence-corrected chi connectivity index (χ2v) is 8.48. The Morgan fingerprint density at radius 3 is 2.71 bits per heavy atom. The van der Waals surface area contributed by atoms with Crippen LogP contribution in [0.3, 0.4) is 0 Å². The summed E-state index contributed by atoms with van der Waals surface area (Å²) in [6, 6.07) is 21.9. The number of benzene rings is 2. The summed E-state index contributed by atoms with van der Waals surface area (Å²) in [5, 5.41) is 2.65. The summed E-state index contributed by atoms with van der Waals surface area (Å²) in [6.45, 7) is 0. The summed E-state index contributed by atoms with van der Waals surface area (Å²) >= 11 is 3.87. The van der Waals surface area contributed by atoms with Gasteiger partial charge in [-0.1, -0.05) is 42.5 Å². The minimum absolute atomic E-state index is 0.459. The van der Waals surface area contributed by atoms with E-state index in [0.29, 0.717) is 11.2 Å². The Labute approximate surface area is 150 Å². The molecule has 0 radical (unpaired) electrons. The summed E-state index contributed by atoms with van der Waals surface area (Å²) in [5.41, 5.74) is 5.21. The van der Waals surface area contributed by atoms with E-state index in [0.717, 1.165) is 12.1 Å². The van der Waals surface area contributed by atoms with E-state index in [-0.39, 0.29) is 0 Å². The van der Waals surface area contributed by atoms with Gasteiger partial charge < -0.3 is 0 Å². The summed E-state index contributed by atoms with van der Waals surface area (Å²) in [4.78, 5) is 7.93. The maximum absolute atomic E-state index is 5.16. The Morgan fingerprint density at radius 1 is 0.917 bits per heavy atom. The molecule has 2 atom stereocenters. The van der Waals surface area contributed by atoms with E-state index >= 15 is 0 Å². The topological polar surface area (TPSA) is 12.4 Å². The number of aryl methyl sites for hydroxylation is 1. The SMILES string of the molecule is c1csc([C@H]2Sc3ccccc3N=C3c4ccccc4CC[C@@H]32)c1. The highest BCUT2D eigenvalue weighted by Gasteiger charge is 2.36. The Bertz CT molecular complexity index is 911. The number of rotatable bonds is 1. The van der Waals surface area contributed by atoms with Crippen molar-refractivity contribution in [1.82, 2.24) is 0 Å². The molecule has 2 aliphatic rings. The third-order valence-electron chi connectivity index (χ3n) is 4.92. The van der Waals surface area contributed by atoms with Crippen molar-refractivity contribution in [2.45, 2.75) is 23.0 Å². The fraction of sp³-hybridized carbons (Fsp3) is 0.190. The number of fused-ring (bicyclic) bond motifs is 4. The van der Waals surface area contributed by atoms with Crippen LogP contribution in [0.25, 0.3) is 0 Å². The minimum Gasteiger partial charge on any atom is -0.251 e. The number of hydrogen-bond donors (Lipinski definition) is 0. The number of para-hydroxylation sites is 1. The maximum atomic E-state index is 5.16. The van der Waals surface area contributed by atoms with Crippen LogP contribution in [-0.2, 0) is 6.42 Å². The fourth-order valence-corrected chi connectivity index (χ4v) is 6.15. The molecule has 2 aromatic carbocycles. The van der Waals surface area contributed by atoms with E-state index < -0.39 is 0 Å². The van der Waals surface area contributed by atoms with Crippen LogP contribution < -0.4 is 0 Å². The molecule has 0 amide bonds. The molecule has 0 fully saturated rings. The van der Waals surface area contributed by atoms with Crippen LogP contribution in [0.5, 0.6) is 0 Å². The second-order valence-electron chi connectivity index (χ2n) is 6.32. The molecule has 1 aliphatic carbocycles. The molecular formula is C21H17NS2. The molecule has 5 rings (SSSR count). The number of thiophene rings is 1. The summed E-state index contributed by atoms with van der Waals surface area (Å²) in [7, 11) is 0. The molecule has 1 aromatic heterocycles. The average Bonchev–Trinajstić information content (AvgIpc) is 3.10. The molecule has 3 aromatic rings. The van der Waals surface area contributed by atoms with Crippen molar-refractivity contribution in [1.29, 1.82) is 0 Å². The van der Waals surface area contributed by atoms with Crippen LogP contribution in [0.15, 0.2) is 75.9 Å². The lowest BCUT2D eigenvalue weighted by Gasteiger charge is -2.30. The number of nitrogens with zero attached hydrogens (tertiary/aromatic N) is 1. The summed E-state index contributed by atoms with van der Waals surface area (Å²) in [6.07, 6.45) is 2.33. The first kappa shape index (κ1) is 14.5. The molecule has 24 heavy (non-hydrogen) atoms. The van der Waals surface area contributed by atoms with Crippen LogP contribution in [-0.4, -0.2) is 5.71 Å². The van der Waals surface area contributed by atoms with Crippen LogP contribution in [0, 0.1) is 5.92 Å². The Balaban J connectivity index is 1.73. The van der Waals surface area contributed by atoms with Crippen molar-refractivity contribution in [2.75, 3.05) is 0 Å². The summed E-state index contributed by atoms with van der Waals surface area (Å²) in [5.74, 6) is 0.482. The van der Waals surface area contributed by atoms with E-state index in [2.05, 4.69) is 66.0 Å². The van der Waals surface area contributed by atoms with Crippen molar-refractivity contribution >= 4 is 34.5 Å². The standard InChI is InChI=1S/C21H17NS2/c1-2-7-15-14(6-1)11-12-16-20(15)22-17-8-3-4-9-18(17)24-21(16)19-10-5-13-23-19/h1-10,13,16,21H,11-12H2/t16-,21-/m0/s1. The van der Waals surface area contributed by atoms with Gasteiger partial charge >= 0.3 is 0 Å². The Kier molecular flexibility index (Phi) is 3.57. The molecule has 1 aliphatic heterocycles. The molecule has 1 nitrogen and oxygen atoms in total. The van der Waals surface area contributed by atoms with Gasteiger partial charge in [-0.15, -0.1) is 23.1 Å². The van der Waals surface area contributed by atoms with Crippen LogP contribution in [0.1, 0.15) is 27.7 Å². The van der Waals surface area contributed by atoms with Crippen molar-refractivity contribution in [3.63, 3.8) is 0 Å². The van der Waals surface area contributed by atoms with Gasteiger partial charge in [0.25, 0.3) is 0 Å². The van der Waals surface area contributed by atoms with Crippen LogP contribution in [0.4, 0.5) is 5.69 Å². The third kappa shape index (κ3) is 2.35. The predicted octanol–water partition coefficient (Wildman–Crippen LogP) is 6.28. The first-order valence-corrected chi connectivity index (χ1v) is 10.1. The van der Waals surface area contributed by atoms with Crippen LogP contribution in [0.2, 0.25) is 0 Å². The molecule has 3 heteroatoms.